The standard InChI is InChI=1S/C17H18N2O2S2/c1-12(15-11-22-16-7-3-2-6-14(15)16)18-8-4-5-13-9-17(19(20)21)23-10-13/h2-3,6-7,9-12,18H,4-5,8H2,1H3. The number of fused-ring (bicyclic) bond motifs is 1. The molecule has 0 radical (unpaired) electrons. The van der Waals surface area contributed by atoms with E-state index >= 15 is 0 Å². The summed E-state index contributed by atoms with van der Waals surface area (Å²) in [5.41, 5.74) is 2.40. The van der Waals surface area contributed by atoms with E-state index in [0.29, 0.717) is 6.04 Å². The first-order valence-electron chi connectivity index (χ1n) is 7.56. The van der Waals surface area contributed by atoms with Gasteiger partial charge in [-0.2, -0.15) is 0 Å². The van der Waals surface area contributed by atoms with Gasteiger partial charge in [-0.1, -0.05) is 29.5 Å². The Morgan fingerprint density at radius 2 is 2.09 bits per heavy atom. The van der Waals surface area contributed by atoms with Crippen LogP contribution in [0.5, 0.6) is 0 Å². The number of nitro groups is 1. The van der Waals surface area contributed by atoms with Crippen molar-refractivity contribution in [3.8, 4) is 0 Å². The van der Waals surface area contributed by atoms with E-state index in [1.807, 2.05) is 5.38 Å². The van der Waals surface area contributed by atoms with Crippen molar-refractivity contribution in [2.45, 2.75) is 25.8 Å². The second-order valence-electron chi connectivity index (χ2n) is 5.52. The number of hydrogen-bond acceptors (Lipinski definition) is 5. The van der Waals surface area contributed by atoms with Gasteiger partial charge in [0.25, 0.3) is 0 Å². The van der Waals surface area contributed by atoms with Crippen molar-refractivity contribution in [2.24, 2.45) is 0 Å². The first-order valence-corrected chi connectivity index (χ1v) is 9.32. The molecule has 0 saturated heterocycles. The maximum absolute atomic E-state index is 10.7. The molecule has 2 heterocycles. The second kappa shape index (κ2) is 7.21. The Balaban J connectivity index is 1.51. The summed E-state index contributed by atoms with van der Waals surface area (Å²) < 4.78 is 1.32. The lowest BCUT2D eigenvalue weighted by Crippen LogP contribution is -2.20. The van der Waals surface area contributed by atoms with Gasteiger partial charge in [-0.3, -0.25) is 10.1 Å². The fourth-order valence-electron chi connectivity index (χ4n) is 2.64. The molecule has 3 rings (SSSR count). The number of aryl methyl sites for hydroxylation is 1. The lowest BCUT2D eigenvalue weighted by molar-refractivity contribution is -0.380. The highest BCUT2D eigenvalue weighted by Gasteiger charge is 2.11. The molecule has 0 saturated carbocycles. The zero-order chi connectivity index (χ0) is 16.2. The van der Waals surface area contributed by atoms with E-state index in [4.69, 9.17) is 0 Å². The van der Waals surface area contributed by atoms with Crippen LogP contribution in [0.2, 0.25) is 0 Å². The van der Waals surface area contributed by atoms with Gasteiger partial charge in [0.1, 0.15) is 0 Å². The van der Waals surface area contributed by atoms with Crippen molar-refractivity contribution in [3.63, 3.8) is 0 Å². The first-order chi connectivity index (χ1) is 11.1. The van der Waals surface area contributed by atoms with Crippen LogP contribution < -0.4 is 5.32 Å². The van der Waals surface area contributed by atoms with Crippen LogP contribution >= 0.6 is 22.7 Å². The monoisotopic (exact) mass is 346 g/mol. The molecule has 23 heavy (non-hydrogen) atoms. The molecule has 0 fully saturated rings. The molecule has 0 aliphatic heterocycles. The third-order valence-electron chi connectivity index (χ3n) is 3.89. The Labute approximate surface area is 142 Å². The van der Waals surface area contributed by atoms with Gasteiger partial charge in [0.05, 0.1) is 4.92 Å². The molecule has 0 bridgehead atoms. The van der Waals surface area contributed by atoms with E-state index in [-0.39, 0.29) is 9.92 Å². The molecule has 1 N–H and O–H groups in total. The van der Waals surface area contributed by atoms with Crippen LogP contribution in [0.15, 0.2) is 41.1 Å². The minimum atomic E-state index is -0.323. The van der Waals surface area contributed by atoms with Gasteiger partial charge in [0.15, 0.2) is 0 Å². The SMILES string of the molecule is CC(NCCCc1csc([N+](=O)[O-])c1)c1csc2ccccc12. The van der Waals surface area contributed by atoms with Crippen LogP contribution in [0.3, 0.4) is 0 Å². The highest BCUT2D eigenvalue weighted by molar-refractivity contribution is 7.17. The van der Waals surface area contributed by atoms with Crippen LogP contribution in [0.4, 0.5) is 5.00 Å². The van der Waals surface area contributed by atoms with E-state index in [0.717, 1.165) is 24.9 Å². The van der Waals surface area contributed by atoms with Crippen molar-refractivity contribution in [2.75, 3.05) is 6.54 Å². The van der Waals surface area contributed by atoms with Crippen molar-refractivity contribution in [3.05, 3.63) is 62.3 Å². The second-order valence-corrected chi connectivity index (χ2v) is 7.32. The minimum absolute atomic E-state index is 0.228. The van der Waals surface area contributed by atoms with Crippen molar-refractivity contribution >= 4 is 37.8 Å². The molecular formula is C17H18N2O2S2. The molecule has 4 nitrogen and oxygen atoms in total. The van der Waals surface area contributed by atoms with E-state index in [1.165, 1.54) is 27.0 Å². The third kappa shape index (κ3) is 3.77. The summed E-state index contributed by atoms with van der Waals surface area (Å²) in [6, 6.07) is 10.5. The molecule has 120 valence electrons. The van der Waals surface area contributed by atoms with Gasteiger partial charge in [-0.05, 0) is 54.3 Å². The molecule has 0 aliphatic carbocycles. The fourth-order valence-corrected chi connectivity index (χ4v) is 4.46. The zero-order valence-corrected chi connectivity index (χ0v) is 14.5. The molecular weight excluding hydrogens is 328 g/mol. The molecule has 0 spiro atoms. The smallest absolute Gasteiger partial charge is 0.310 e. The number of benzene rings is 1. The summed E-state index contributed by atoms with van der Waals surface area (Å²) in [6.45, 7) is 3.08. The van der Waals surface area contributed by atoms with Gasteiger partial charge in [0.2, 0.25) is 0 Å². The van der Waals surface area contributed by atoms with E-state index < -0.39 is 0 Å². The Bertz CT molecular complexity index is 810. The quantitative estimate of drug-likeness (QED) is 0.365. The first kappa shape index (κ1) is 16.1. The van der Waals surface area contributed by atoms with E-state index in [9.17, 15) is 10.1 Å². The number of hydrogen-bond donors (Lipinski definition) is 1. The number of nitrogens with zero attached hydrogens (tertiary/aromatic N) is 1. The highest BCUT2D eigenvalue weighted by atomic mass is 32.1. The summed E-state index contributed by atoms with van der Waals surface area (Å²) in [5, 5.41) is 19.9. The molecule has 3 aromatic rings. The maximum atomic E-state index is 10.7. The Kier molecular flexibility index (Phi) is 5.05. The highest BCUT2D eigenvalue weighted by Crippen LogP contribution is 2.30. The third-order valence-corrected chi connectivity index (χ3v) is 5.80. The van der Waals surface area contributed by atoms with E-state index in [1.54, 1.807) is 17.4 Å². The average Bonchev–Trinajstić information content (AvgIpc) is 3.18. The predicted molar refractivity (Wildman–Crippen MR) is 97.5 cm³/mol. The topological polar surface area (TPSA) is 55.2 Å². The average molecular weight is 346 g/mol. The van der Waals surface area contributed by atoms with Crippen LogP contribution in [-0.4, -0.2) is 11.5 Å². The Hall–Kier alpha value is -1.76. The van der Waals surface area contributed by atoms with E-state index in [2.05, 4.69) is 41.9 Å². The van der Waals surface area contributed by atoms with Crippen molar-refractivity contribution in [1.29, 1.82) is 0 Å². The van der Waals surface area contributed by atoms with Gasteiger partial charge in [-0.25, -0.2) is 0 Å². The summed E-state index contributed by atoms with van der Waals surface area (Å²) >= 11 is 2.98. The lowest BCUT2D eigenvalue weighted by Gasteiger charge is -2.13. The molecule has 2 aromatic heterocycles. The predicted octanol–water partition coefficient (Wildman–Crippen LogP) is 5.15. The Morgan fingerprint density at radius 1 is 1.26 bits per heavy atom. The fraction of sp³-hybridized carbons (Fsp3) is 0.294. The maximum Gasteiger partial charge on any atom is 0.324 e. The number of rotatable bonds is 7. The minimum Gasteiger partial charge on any atom is -0.310 e. The van der Waals surface area contributed by atoms with Crippen LogP contribution in [-0.2, 0) is 6.42 Å². The van der Waals surface area contributed by atoms with Crippen LogP contribution in [0, 0.1) is 10.1 Å². The lowest BCUT2D eigenvalue weighted by atomic mass is 10.1. The molecule has 1 unspecified atom stereocenters. The normalized spacial score (nSPS) is 12.6. The van der Waals surface area contributed by atoms with Crippen molar-refractivity contribution in [1.82, 2.24) is 5.32 Å². The molecule has 6 heteroatoms. The summed E-state index contributed by atoms with van der Waals surface area (Å²) in [4.78, 5) is 10.4. The largest absolute Gasteiger partial charge is 0.324 e. The zero-order valence-electron chi connectivity index (χ0n) is 12.8. The molecule has 0 aliphatic rings. The summed E-state index contributed by atoms with van der Waals surface area (Å²) in [6.07, 6.45) is 1.84. The van der Waals surface area contributed by atoms with Crippen molar-refractivity contribution < 1.29 is 4.92 Å². The summed E-state index contributed by atoms with van der Waals surface area (Å²) in [7, 11) is 0. The van der Waals surface area contributed by atoms with Gasteiger partial charge >= 0.3 is 5.00 Å². The van der Waals surface area contributed by atoms with Gasteiger partial charge < -0.3 is 5.32 Å². The number of nitrogens with one attached hydrogen (secondary N) is 1. The summed E-state index contributed by atoms with van der Waals surface area (Å²) in [5.74, 6) is 0. The van der Waals surface area contributed by atoms with Crippen LogP contribution in [0.1, 0.15) is 30.5 Å². The van der Waals surface area contributed by atoms with Crippen LogP contribution in [0.25, 0.3) is 10.1 Å². The Morgan fingerprint density at radius 3 is 2.87 bits per heavy atom. The van der Waals surface area contributed by atoms with Gasteiger partial charge in [-0.15, -0.1) is 11.3 Å². The molecule has 0 amide bonds. The number of thiophene rings is 2. The molecule has 1 aromatic carbocycles. The molecule has 1 atom stereocenters. The van der Waals surface area contributed by atoms with Gasteiger partial charge in [0, 0.05) is 22.2 Å².